The summed E-state index contributed by atoms with van der Waals surface area (Å²) in [6.07, 6.45) is 2.64. The Morgan fingerprint density at radius 3 is 3.04 bits per heavy atom. The van der Waals surface area contributed by atoms with Gasteiger partial charge in [-0.25, -0.2) is 0 Å². The van der Waals surface area contributed by atoms with Crippen molar-refractivity contribution < 1.29 is 4.79 Å². The van der Waals surface area contributed by atoms with E-state index in [0.29, 0.717) is 11.4 Å². The van der Waals surface area contributed by atoms with Crippen molar-refractivity contribution in [3.8, 4) is 0 Å². The molecular formula is C21H21N5OS. The molecule has 4 aromatic rings. The number of fused-ring (bicyclic) bond motifs is 2. The van der Waals surface area contributed by atoms with Gasteiger partial charge in [-0.15, -0.1) is 11.3 Å². The maximum atomic E-state index is 12.8. The fraction of sp³-hybridized carbons (Fsp3) is 0.238. The number of benzene rings is 1. The molecule has 0 bridgehead atoms. The Labute approximate surface area is 166 Å². The van der Waals surface area contributed by atoms with Crippen LogP contribution in [0.4, 0.5) is 11.4 Å². The molecule has 0 radical (unpaired) electrons. The van der Waals surface area contributed by atoms with Gasteiger partial charge in [-0.3, -0.25) is 9.78 Å². The Bertz CT molecular complexity index is 1190. The summed E-state index contributed by atoms with van der Waals surface area (Å²) in [7, 11) is 0. The molecule has 1 aliphatic rings. The smallest absolute Gasteiger partial charge is 0.264 e. The monoisotopic (exact) mass is 391 g/mol. The number of carbonyl (C=O) groups is 1. The van der Waals surface area contributed by atoms with Crippen molar-refractivity contribution in [2.24, 2.45) is 5.73 Å². The Kier molecular flexibility index (Phi) is 4.07. The number of H-pyrrole nitrogens is 1. The highest BCUT2D eigenvalue weighted by molar-refractivity contribution is 7.21. The molecule has 1 atom stereocenters. The lowest BCUT2D eigenvalue weighted by atomic mass is 10.2. The van der Waals surface area contributed by atoms with Gasteiger partial charge in [0.25, 0.3) is 5.91 Å². The minimum Gasteiger partial charge on any atom is -0.359 e. The van der Waals surface area contributed by atoms with Crippen molar-refractivity contribution in [2.45, 2.75) is 19.4 Å². The van der Waals surface area contributed by atoms with Crippen molar-refractivity contribution in [1.82, 2.24) is 14.9 Å². The summed E-state index contributed by atoms with van der Waals surface area (Å²) >= 11 is 1.48. The molecule has 0 unspecified atom stereocenters. The van der Waals surface area contributed by atoms with Crippen LogP contribution in [-0.4, -0.2) is 39.9 Å². The van der Waals surface area contributed by atoms with E-state index in [0.717, 1.165) is 45.8 Å². The van der Waals surface area contributed by atoms with Gasteiger partial charge in [0.1, 0.15) is 0 Å². The summed E-state index contributed by atoms with van der Waals surface area (Å²) in [5.74, 6) is 0.0473. The first-order chi connectivity index (χ1) is 13.6. The number of likely N-dealkylation sites (tertiary alicyclic amines) is 1. The number of carbonyl (C=O) groups excluding carboxylic acids is 1. The van der Waals surface area contributed by atoms with Gasteiger partial charge in [-0.05, 0) is 49.7 Å². The zero-order valence-electron chi connectivity index (χ0n) is 15.5. The highest BCUT2D eigenvalue weighted by Gasteiger charge is 2.26. The summed E-state index contributed by atoms with van der Waals surface area (Å²) in [5.41, 5.74) is 11.0. The van der Waals surface area contributed by atoms with Crippen molar-refractivity contribution in [1.29, 1.82) is 0 Å². The second-order valence-electron chi connectivity index (χ2n) is 7.36. The van der Waals surface area contributed by atoms with Gasteiger partial charge in [0.15, 0.2) is 0 Å². The Balaban J connectivity index is 1.47. The molecule has 1 aliphatic heterocycles. The number of pyridine rings is 1. The number of aryl methyl sites for hydroxylation is 1. The molecule has 6 nitrogen and oxygen atoms in total. The number of nitrogens with zero attached hydrogens (tertiary/aromatic N) is 2. The van der Waals surface area contributed by atoms with Crippen LogP contribution in [0.2, 0.25) is 0 Å². The molecular weight excluding hydrogens is 370 g/mol. The van der Waals surface area contributed by atoms with Crippen LogP contribution in [0.5, 0.6) is 0 Å². The number of hydrogen-bond acceptors (Lipinski definition) is 5. The highest BCUT2D eigenvalue weighted by Crippen LogP contribution is 2.34. The molecule has 1 aromatic carbocycles. The molecule has 1 amide bonds. The van der Waals surface area contributed by atoms with E-state index in [4.69, 9.17) is 5.73 Å². The molecule has 1 fully saturated rings. The van der Waals surface area contributed by atoms with E-state index in [9.17, 15) is 4.79 Å². The lowest BCUT2D eigenvalue weighted by Gasteiger charge is -2.13. The minimum atomic E-state index is 0.0473. The van der Waals surface area contributed by atoms with E-state index < -0.39 is 0 Å². The molecule has 28 heavy (non-hydrogen) atoms. The lowest BCUT2D eigenvalue weighted by molar-refractivity contribution is 0.0795. The quantitative estimate of drug-likeness (QED) is 0.493. The van der Waals surface area contributed by atoms with Crippen molar-refractivity contribution >= 4 is 49.7 Å². The van der Waals surface area contributed by atoms with Crippen molar-refractivity contribution in [3.63, 3.8) is 0 Å². The number of aromatic nitrogens is 2. The summed E-state index contributed by atoms with van der Waals surface area (Å²) in [5, 5.41) is 4.66. The molecule has 5 rings (SSSR count). The van der Waals surface area contributed by atoms with Crippen LogP contribution in [0, 0.1) is 6.92 Å². The van der Waals surface area contributed by atoms with Crippen LogP contribution < -0.4 is 11.1 Å². The van der Waals surface area contributed by atoms with Crippen LogP contribution in [0.15, 0.2) is 42.6 Å². The average Bonchev–Trinajstić information content (AvgIpc) is 3.38. The first-order valence-electron chi connectivity index (χ1n) is 9.36. The zero-order valence-corrected chi connectivity index (χ0v) is 16.3. The summed E-state index contributed by atoms with van der Waals surface area (Å²) in [6, 6.07) is 12.3. The number of hydrogen-bond donors (Lipinski definition) is 3. The third-order valence-corrected chi connectivity index (χ3v) is 6.31. The first kappa shape index (κ1) is 17.2. The number of nitrogens with two attached hydrogens (primary N) is 1. The van der Waals surface area contributed by atoms with Crippen molar-refractivity contribution in [3.05, 3.63) is 53.2 Å². The molecule has 4 heterocycles. The van der Waals surface area contributed by atoms with E-state index in [1.807, 2.05) is 17.0 Å². The van der Waals surface area contributed by atoms with Gasteiger partial charge in [0, 0.05) is 47.6 Å². The first-order valence-corrected chi connectivity index (χ1v) is 10.2. The third kappa shape index (κ3) is 3.02. The average molecular weight is 392 g/mol. The number of anilines is 2. The van der Waals surface area contributed by atoms with E-state index in [2.05, 4.69) is 46.5 Å². The standard InChI is InChI=1S/C21H21N5OS/c1-12-8-13-9-15(2-3-16(13)24-12)25-17-4-6-23-18-10-19(28-20(17)18)21(27)26-7-5-14(22)11-26/h2-4,6,8-10,14,24H,5,7,11,22H2,1H3,(H,23,25)/t14-/m0/s1. The highest BCUT2D eigenvalue weighted by atomic mass is 32.1. The van der Waals surface area contributed by atoms with E-state index >= 15 is 0 Å². The SMILES string of the molecule is Cc1cc2cc(Nc3ccnc4cc(C(=O)N5CC[C@H](N)C5)sc34)ccc2[nH]1. The number of amides is 1. The van der Waals surface area contributed by atoms with Crippen LogP contribution in [0.1, 0.15) is 21.8 Å². The predicted octanol–water partition coefficient (Wildman–Crippen LogP) is 4.00. The van der Waals surface area contributed by atoms with Gasteiger partial charge in [0.2, 0.25) is 0 Å². The number of rotatable bonds is 3. The maximum Gasteiger partial charge on any atom is 0.264 e. The van der Waals surface area contributed by atoms with Crippen LogP contribution >= 0.6 is 11.3 Å². The third-order valence-electron chi connectivity index (χ3n) is 5.17. The zero-order chi connectivity index (χ0) is 19.3. The van der Waals surface area contributed by atoms with Crippen molar-refractivity contribution in [2.75, 3.05) is 18.4 Å². The molecule has 1 saturated heterocycles. The molecule has 7 heteroatoms. The summed E-state index contributed by atoms with van der Waals surface area (Å²) in [4.78, 5) is 23.1. The Morgan fingerprint density at radius 2 is 2.21 bits per heavy atom. The minimum absolute atomic E-state index is 0.0473. The molecule has 4 N–H and O–H groups in total. The largest absolute Gasteiger partial charge is 0.359 e. The molecule has 0 saturated carbocycles. The maximum absolute atomic E-state index is 12.8. The van der Waals surface area contributed by atoms with E-state index in [1.54, 1.807) is 6.20 Å². The van der Waals surface area contributed by atoms with Crippen LogP contribution in [0.3, 0.4) is 0 Å². The molecule has 0 spiro atoms. The molecule has 142 valence electrons. The van der Waals surface area contributed by atoms with E-state index in [-0.39, 0.29) is 11.9 Å². The normalized spacial score (nSPS) is 16.9. The second kappa shape index (κ2) is 6.61. The number of nitrogens with one attached hydrogen (secondary N) is 2. The molecule has 0 aliphatic carbocycles. The fourth-order valence-electron chi connectivity index (χ4n) is 3.78. The van der Waals surface area contributed by atoms with Gasteiger partial charge >= 0.3 is 0 Å². The number of aromatic amines is 1. The lowest BCUT2D eigenvalue weighted by Crippen LogP contribution is -2.31. The summed E-state index contributed by atoms with van der Waals surface area (Å²) in [6.45, 7) is 3.40. The van der Waals surface area contributed by atoms with Crippen LogP contribution in [0.25, 0.3) is 21.1 Å². The van der Waals surface area contributed by atoms with Gasteiger partial charge in [0.05, 0.1) is 20.8 Å². The Hall–Kier alpha value is -2.90. The Morgan fingerprint density at radius 1 is 1.32 bits per heavy atom. The molecule has 3 aromatic heterocycles. The van der Waals surface area contributed by atoms with Gasteiger partial charge in [-0.1, -0.05) is 0 Å². The number of thiophene rings is 1. The van der Waals surface area contributed by atoms with E-state index in [1.165, 1.54) is 16.7 Å². The van der Waals surface area contributed by atoms with Gasteiger partial charge in [-0.2, -0.15) is 0 Å². The topological polar surface area (TPSA) is 87.0 Å². The fourth-order valence-corrected chi connectivity index (χ4v) is 4.83. The second-order valence-corrected chi connectivity index (χ2v) is 8.42. The summed E-state index contributed by atoms with van der Waals surface area (Å²) < 4.78 is 0.986. The van der Waals surface area contributed by atoms with Gasteiger partial charge < -0.3 is 20.9 Å². The predicted molar refractivity (Wildman–Crippen MR) is 114 cm³/mol. The van der Waals surface area contributed by atoms with Crippen LogP contribution in [-0.2, 0) is 0 Å².